The molecule has 0 fully saturated rings. The number of Topliss-reactive ketones (excluding diaryl/α,β-unsaturated/α-hetero) is 1. The number of esters is 1. The first kappa shape index (κ1) is 19.6. The summed E-state index contributed by atoms with van der Waals surface area (Å²) in [6.07, 6.45) is 3.62. The van der Waals surface area contributed by atoms with E-state index in [1.807, 2.05) is 85.7 Å². The predicted octanol–water partition coefficient (Wildman–Crippen LogP) is 4.73. The van der Waals surface area contributed by atoms with Crippen molar-refractivity contribution in [3.8, 4) is 5.75 Å². The van der Waals surface area contributed by atoms with E-state index in [1.54, 1.807) is 18.2 Å². The van der Waals surface area contributed by atoms with E-state index < -0.39 is 17.5 Å². The predicted molar refractivity (Wildman–Crippen MR) is 125 cm³/mol. The molecule has 5 nitrogen and oxygen atoms in total. The van der Waals surface area contributed by atoms with Gasteiger partial charge in [0, 0.05) is 36.5 Å². The number of hydrogen-bond acceptors (Lipinski definition) is 5. The Balaban J connectivity index is 1.55. The lowest BCUT2D eigenvalue weighted by Crippen LogP contribution is -2.47. The molecule has 162 valence electrons. The van der Waals surface area contributed by atoms with E-state index in [-0.39, 0.29) is 5.78 Å². The number of ketones is 1. The monoisotopic (exact) mass is 435 g/mol. The van der Waals surface area contributed by atoms with Crippen LogP contribution in [-0.2, 0) is 15.1 Å². The molecule has 3 aliphatic rings. The smallest absolute Gasteiger partial charge is 0.339 e. The number of benzene rings is 3. The summed E-state index contributed by atoms with van der Waals surface area (Å²) in [6, 6.07) is 22.6. The molecule has 6 rings (SSSR count). The van der Waals surface area contributed by atoms with Crippen LogP contribution in [0.25, 0.3) is 5.57 Å². The molecule has 33 heavy (non-hydrogen) atoms. The van der Waals surface area contributed by atoms with Crippen molar-refractivity contribution in [1.29, 1.82) is 0 Å². The van der Waals surface area contributed by atoms with Crippen molar-refractivity contribution in [3.05, 3.63) is 113 Å². The number of nitrogens with zero attached hydrogens (tertiary/aromatic N) is 1. The topological polar surface area (TPSA) is 55.8 Å². The molecule has 0 bridgehead atoms. The van der Waals surface area contributed by atoms with Gasteiger partial charge in [0.05, 0.1) is 5.56 Å². The van der Waals surface area contributed by atoms with Gasteiger partial charge in [0.25, 0.3) is 0 Å². The van der Waals surface area contributed by atoms with Crippen molar-refractivity contribution in [1.82, 2.24) is 0 Å². The van der Waals surface area contributed by atoms with Gasteiger partial charge in [-0.25, -0.2) is 4.79 Å². The van der Waals surface area contributed by atoms with Crippen LogP contribution in [0.4, 0.5) is 5.69 Å². The van der Waals surface area contributed by atoms with Gasteiger partial charge in [0.1, 0.15) is 17.4 Å². The highest BCUT2D eigenvalue weighted by Crippen LogP contribution is 2.57. The van der Waals surface area contributed by atoms with Crippen LogP contribution in [-0.4, -0.2) is 25.8 Å². The number of anilines is 1. The van der Waals surface area contributed by atoms with Crippen molar-refractivity contribution in [3.63, 3.8) is 0 Å². The van der Waals surface area contributed by atoms with Gasteiger partial charge in [0.2, 0.25) is 0 Å². The van der Waals surface area contributed by atoms with Crippen LogP contribution in [0.3, 0.4) is 0 Å². The fraction of sp³-hybridized carbons (Fsp3) is 0.143. The zero-order valence-corrected chi connectivity index (χ0v) is 18.2. The molecular formula is C28H21NO4. The first-order valence-corrected chi connectivity index (χ1v) is 10.8. The van der Waals surface area contributed by atoms with Crippen LogP contribution < -0.4 is 9.64 Å². The summed E-state index contributed by atoms with van der Waals surface area (Å²) in [5, 5.41) is 0. The Labute approximate surface area is 191 Å². The fourth-order valence-electron chi connectivity index (χ4n) is 5.08. The second-order valence-corrected chi connectivity index (χ2v) is 8.66. The van der Waals surface area contributed by atoms with Gasteiger partial charge in [-0.1, -0.05) is 48.5 Å². The molecule has 0 N–H and O–H groups in total. The van der Waals surface area contributed by atoms with Gasteiger partial charge >= 0.3 is 5.97 Å². The number of allylic oxidation sites excluding steroid dienone is 3. The molecule has 2 aliphatic heterocycles. The van der Waals surface area contributed by atoms with Gasteiger partial charge in [-0.2, -0.15) is 0 Å². The summed E-state index contributed by atoms with van der Waals surface area (Å²) in [5.74, 6) is -0.306. The van der Waals surface area contributed by atoms with Crippen LogP contribution in [0, 0.1) is 5.92 Å². The summed E-state index contributed by atoms with van der Waals surface area (Å²) in [4.78, 5) is 29.1. The Morgan fingerprint density at radius 3 is 2.27 bits per heavy atom. The summed E-state index contributed by atoms with van der Waals surface area (Å²) < 4.78 is 12.3. The summed E-state index contributed by atoms with van der Waals surface area (Å²) in [6.45, 7) is 0. The maximum atomic E-state index is 14.1. The van der Waals surface area contributed by atoms with Crippen molar-refractivity contribution in [2.24, 2.45) is 5.92 Å². The lowest BCUT2D eigenvalue weighted by molar-refractivity contribution is -0.124. The van der Waals surface area contributed by atoms with E-state index in [1.165, 1.54) is 0 Å². The van der Waals surface area contributed by atoms with Gasteiger partial charge < -0.3 is 14.4 Å². The zero-order chi connectivity index (χ0) is 22.7. The van der Waals surface area contributed by atoms with E-state index in [2.05, 4.69) is 0 Å². The SMILES string of the molecule is CN(C)c1ccc(C2=CC=C3Oc4ccccc4C4(OC(=O)c5ccccc54)C3C2=O)cc1. The minimum Gasteiger partial charge on any atom is -0.460 e. The van der Waals surface area contributed by atoms with E-state index in [0.717, 1.165) is 11.3 Å². The van der Waals surface area contributed by atoms with Crippen LogP contribution in [0.1, 0.15) is 27.0 Å². The van der Waals surface area contributed by atoms with E-state index in [0.29, 0.717) is 33.8 Å². The molecule has 2 heterocycles. The Morgan fingerprint density at radius 2 is 1.52 bits per heavy atom. The molecule has 0 radical (unpaired) electrons. The number of hydrogen-bond donors (Lipinski definition) is 0. The average Bonchev–Trinajstić information content (AvgIpc) is 3.12. The molecule has 2 unspecified atom stereocenters. The molecule has 1 spiro atoms. The zero-order valence-electron chi connectivity index (χ0n) is 18.2. The molecule has 3 aromatic carbocycles. The highest BCUT2D eigenvalue weighted by molar-refractivity contribution is 6.24. The fourth-order valence-corrected chi connectivity index (χ4v) is 5.08. The van der Waals surface area contributed by atoms with Crippen molar-refractivity contribution < 1.29 is 19.1 Å². The minimum absolute atomic E-state index is 0.135. The lowest BCUT2D eigenvalue weighted by Gasteiger charge is -2.43. The number of para-hydroxylation sites is 1. The molecule has 2 atom stereocenters. The highest BCUT2D eigenvalue weighted by Gasteiger charge is 2.61. The summed E-state index contributed by atoms with van der Waals surface area (Å²) in [7, 11) is 3.95. The molecule has 3 aromatic rings. The third-order valence-corrected chi connectivity index (χ3v) is 6.64. The lowest BCUT2D eigenvalue weighted by atomic mass is 9.68. The molecule has 1 aliphatic carbocycles. The third kappa shape index (κ3) is 2.65. The van der Waals surface area contributed by atoms with Gasteiger partial charge in [-0.3, -0.25) is 4.79 Å². The van der Waals surface area contributed by atoms with Crippen molar-refractivity contribution >= 4 is 23.0 Å². The molecule has 0 amide bonds. The molecule has 0 saturated heterocycles. The van der Waals surface area contributed by atoms with E-state index in [9.17, 15) is 9.59 Å². The van der Waals surface area contributed by atoms with Crippen LogP contribution in [0.15, 0.2) is 90.7 Å². The number of carbonyl (C=O) groups excluding carboxylic acids is 2. The Hall–Kier alpha value is -4.12. The Morgan fingerprint density at radius 1 is 0.818 bits per heavy atom. The maximum absolute atomic E-state index is 14.1. The standard InChI is InChI=1S/C28H21NO4/c1-29(2)18-13-11-17(12-14-18)19-15-16-24-25(26(19)30)28(22-9-5-6-10-23(22)32-24)21-8-4-3-7-20(21)27(31)33-28/h3-16,25H,1-2H3. The summed E-state index contributed by atoms with van der Waals surface area (Å²) in [5.41, 5.74) is 3.01. The van der Waals surface area contributed by atoms with E-state index in [4.69, 9.17) is 9.47 Å². The van der Waals surface area contributed by atoms with Gasteiger partial charge in [0.15, 0.2) is 11.4 Å². The second-order valence-electron chi connectivity index (χ2n) is 8.66. The van der Waals surface area contributed by atoms with Crippen LogP contribution in [0.5, 0.6) is 5.75 Å². The maximum Gasteiger partial charge on any atom is 0.339 e. The summed E-state index contributed by atoms with van der Waals surface area (Å²) >= 11 is 0. The average molecular weight is 435 g/mol. The first-order valence-electron chi connectivity index (χ1n) is 10.8. The largest absolute Gasteiger partial charge is 0.460 e. The van der Waals surface area contributed by atoms with Crippen molar-refractivity contribution in [2.45, 2.75) is 5.60 Å². The number of fused-ring (bicyclic) bond motifs is 6. The van der Waals surface area contributed by atoms with E-state index >= 15 is 0 Å². The van der Waals surface area contributed by atoms with Gasteiger partial charge in [-0.15, -0.1) is 0 Å². The second kappa shape index (κ2) is 6.94. The Kier molecular flexibility index (Phi) is 4.11. The quantitative estimate of drug-likeness (QED) is 0.545. The number of ether oxygens (including phenoxy) is 2. The molecule has 0 aromatic heterocycles. The molecule has 5 heteroatoms. The molecule has 0 saturated carbocycles. The third-order valence-electron chi connectivity index (χ3n) is 6.64. The first-order chi connectivity index (χ1) is 16.0. The van der Waals surface area contributed by atoms with Gasteiger partial charge in [-0.05, 0) is 42.0 Å². The Bertz CT molecular complexity index is 1380. The number of carbonyl (C=O) groups is 2. The highest BCUT2D eigenvalue weighted by atomic mass is 16.6. The number of rotatable bonds is 2. The van der Waals surface area contributed by atoms with Crippen LogP contribution in [0.2, 0.25) is 0 Å². The molecular weight excluding hydrogens is 414 g/mol. The van der Waals surface area contributed by atoms with Crippen molar-refractivity contribution in [2.75, 3.05) is 19.0 Å². The van der Waals surface area contributed by atoms with Crippen LogP contribution >= 0.6 is 0 Å². The minimum atomic E-state index is -1.27. The normalized spacial score (nSPS) is 22.4.